The Morgan fingerprint density at radius 3 is 1.87 bits per heavy atom. The third-order valence-electron chi connectivity index (χ3n) is 2.49. The van der Waals surface area contributed by atoms with Crippen molar-refractivity contribution < 1.29 is 47.2 Å². The van der Waals surface area contributed by atoms with E-state index in [0.717, 1.165) is 6.08 Å². The fourth-order valence-electron chi connectivity index (χ4n) is 1.54. The van der Waals surface area contributed by atoms with E-state index in [9.17, 15) is 38.8 Å². The van der Waals surface area contributed by atoms with Crippen LogP contribution in [0.4, 0.5) is 22.0 Å². The van der Waals surface area contributed by atoms with Crippen LogP contribution in [0.15, 0.2) is 11.5 Å². The molecule has 0 N–H and O–H groups in total. The summed E-state index contributed by atoms with van der Waals surface area (Å²) in [6.07, 6.45) is -0.763. The summed E-state index contributed by atoms with van der Waals surface area (Å²) in [4.78, 5) is 0. The van der Waals surface area contributed by atoms with Crippen molar-refractivity contribution in [2.45, 2.75) is 6.10 Å². The Hall–Kier alpha value is -1.73. The molecule has 0 fully saturated rings. The fourth-order valence-corrected chi connectivity index (χ4v) is 3.61. The van der Waals surface area contributed by atoms with Gasteiger partial charge in [0.25, 0.3) is 0 Å². The number of sulfone groups is 1. The van der Waals surface area contributed by atoms with Crippen molar-refractivity contribution in [1.29, 1.82) is 0 Å². The highest BCUT2D eigenvalue weighted by Gasteiger charge is 2.33. The van der Waals surface area contributed by atoms with Crippen molar-refractivity contribution in [1.82, 2.24) is 0 Å². The van der Waals surface area contributed by atoms with Crippen LogP contribution < -0.4 is 4.18 Å². The Balaban J connectivity index is 2.30. The lowest BCUT2D eigenvalue weighted by atomic mass is 10.3. The zero-order valence-corrected chi connectivity index (χ0v) is 12.2. The molecule has 0 aliphatic carbocycles. The predicted octanol–water partition coefficient (Wildman–Crippen LogP) is 1.33. The van der Waals surface area contributed by atoms with Crippen molar-refractivity contribution in [2.75, 3.05) is 5.75 Å². The molecule has 0 saturated carbocycles. The Labute approximate surface area is 126 Å². The van der Waals surface area contributed by atoms with Gasteiger partial charge in [0, 0.05) is 5.41 Å². The summed E-state index contributed by atoms with van der Waals surface area (Å²) in [7, 11) is -9.03. The molecule has 6 nitrogen and oxygen atoms in total. The normalized spacial score (nSPS) is 20.0. The van der Waals surface area contributed by atoms with Crippen molar-refractivity contribution in [3.63, 3.8) is 0 Å². The molecule has 1 aliphatic rings. The van der Waals surface area contributed by atoms with E-state index in [2.05, 4.69) is 8.37 Å². The second kappa shape index (κ2) is 5.72. The van der Waals surface area contributed by atoms with Crippen molar-refractivity contribution in [3.05, 3.63) is 40.6 Å². The number of hydrogen-bond donors (Lipinski definition) is 0. The van der Waals surface area contributed by atoms with Gasteiger partial charge in [-0.2, -0.15) is 17.2 Å². The van der Waals surface area contributed by atoms with Gasteiger partial charge in [0.05, 0.1) is 5.75 Å². The molecule has 0 bridgehead atoms. The van der Waals surface area contributed by atoms with Crippen LogP contribution >= 0.6 is 0 Å². The first-order valence-electron chi connectivity index (χ1n) is 5.48. The van der Waals surface area contributed by atoms with E-state index in [1.165, 1.54) is 0 Å². The molecule has 1 aromatic rings. The van der Waals surface area contributed by atoms with E-state index in [1.807, 2.05) is 0 Å². The summed E-state index contributed by atoms with van der Waals surface area (Å²) >= 11 is 0. The van der Waals surface area contributed by atoms with E-state index < -0.39 is 66.9 Å². The molecular weight excluding hydrogens is 375 g/mol. The Morgan fingerprint density at radius 1 is 0.957 bits per heavy atom. The molecule has 0 radical (unpaired) electrons. The van der Waals surface area contributed by atoms with Crippen LogP contribution in [0.3, 0.4) is 0 Å². The van der Waals surface area contributed by atoms with Crippen LogP contribution in [0.25, 0.3) is 0 Å². The SMILES string of the molecule is O=S1(=O)C=CC(OS(=O)(=O)Oc2c(F)c(F)c(F)c(F)c2F)C1. The van der Waals surface area contributed by atoms with Crippen molar-refractivity contribution in [2.24, 2.45) is 0 Å². The monoisotopic (exact) mass is 380 g/mol. The van der Waals surface area contributed by atoms with E-state index in [0.29, 0.717) is 5.41 Å². The molecule has 23 heavy (non-hydrogen) atoms. The highest BCUT2D eigenvalue weighted by atomic mass is 32.3. The minimum Gasteiger partial charge on any atom is -0.355 e. The molecule has 0 amide bonds. The zero-order chi connectivity index (χ0) is 17.6. The summed E-state index contributed by atoms with van der Waals surface area (Å²) in [6.45, 7) is 0. The zero-order valence-electron chi connectivity index (χ0n) is 10.6. The predicted molar refractivity (Wildman–Crippen MR) is 63.6 cm³/mol. The van der Waals surface area contributed by atoms with Gasteiger partial charge in [0.2, 0.25) is 34.8 Å². The van der Waals surface area contributed by atoms with Crippen LogP contribution in [0.5, 0.6) is 5.75 Å². The number of rotatable bonds is 4. The number of hydrogen-bond acceptors (Lipinski definition) is 6. The van der Waals surface area contributed by atoms with E-state index in [1.54, 1.807) is 0 Å². The fraction of sp³-hybridized carbons (Fsp3) is 0.200. The van der Waals surface area contributed by atoms with Crippen LogP contribution in [0.2, 0.25) is 0 Å². The minimum atomic E-state index is -5.31. The average molecular weight is 380 g/mol. The van der Waals surface area contributed by atoms with Gasteiger partial charge in [0.1, 0.15) is 6.10 Å². The van der Waals surface area contributed by atoms with Gasteiger partial charge >= 0.3 is 10.4 Å². The third-order valence-corrected chi connectivity index (χ3v) is 4.71. The first-order chi connectivity index (χ1) is 10.4. The molecule has 1 heterocycles. The Kier molecular flexibility index (Phi) is 4.38. The quantitative estimate of drug-likeness (QED) is 0.445. The van der Waals surface area contributed by atoms with Gasteiger partial charge in [-0.3, -0.25) is 0 Å². The first-order valence-corrected chi connectivity index (χ1v) is 8.53. The Bertz CT molecular complexity index is 864. The molecular formula is C10H5F5O6S2. The highest BCUT2D eigenvalue weighted by Crippen LogP contribution is 2.30. The van der Waals surface area contributed by atoms with Crippen molar-refractivity contribution in [3.8, 4) is 5.75 Å². The molecule has 1 unspecified atom stereocenters. The second-order valence-corrected chi connectivity index (χ2v) is 7.29. The molecule has 0 aromatic heterocycles. The van der Waals surface area contributed by atoms with Gasteiger partial charge in [-0.05, 0) is 6.08 Å². The maximum absolute atomic E-state index is 13.3. The minimum absolute atomic E-state index is 0.631. The summed E-state index contributed by atoms with van der Waals surface area (Å²) < 4.78 is 118. The summed E-state index contributed by atoms with van der Waals surface area (Å²) in [5.74, 6) is -15.3. The average Bonchev–Trinajstić information content (AvgIpc) is 2.77. The lowest BCUT2D eigenvalue weighted by Crippen LogP contribution is -2.24. The summed E-state index contributed by atoms with van der Waals surface area (Å²) in [6, 6.07) is 0. The maximum atomic E-state index is 13.3. The second-order valence-electron chi connectivity index (χ2n) is 4.18. The van der Waals surface area contributed by atoms with Gasteiger partial charge < -0.3 is 4.18 Å². The van der Waals surface area contributed by atoms with Gasteiger partial charge in [-0.1, -0.05) is 0 Å². The standard InChI is InChI=1S/C10H5F5O6S2/c11-5-6(12)8(14)10(9(15)7(5)13)21-23(18,19)20-4-1-2-22(16,17)3-4/h1-2,4H,3H2. The Morgan fingerprint density at radius 2 is 1.43 bits per heavy atom. The van der Waals surface area contributed by atoms with E-state index in [-0.39, 0.29) is 0 Å². The molecule has 13 heteroatoms. The van der Waals surface area contributed by atoms with Crippen molar-refractivity contribution >= 4 is 20.2 Å². The molecule has 128 valence electrons. The number of halogens is 5. The third kappa shape index (κ3) is 3.61. The first kappa shape index (κ1) is 17.6. The molecule has 1 atom stereocenters. The lowest BCUT2D eigenvalue weighted by molar-refractivity contribution is 0.235. The summed E-state index contributed by atoms with van der Waals surface area (Å²) in [5.41, 5.74) is 0. The van der Waals surface area contributed by atoms with E-state index in [4.69, 9.17) is 0 Å². The highest BCUT2D eigenvalue weighted by molar-refractivity contribution is 7.94. The van der Waals surface area contributed by atoms with Gasteiger partial charge in [-0.25, -0.2) is 25.8 Å². The van der Waals surface area contributed by atoms with Crippen LogP contribution in [-0.2, 0) is 24.4 Å². The van der Waals surface area contributed by atoms with Crippen LogP contribution in [0.1, 0.15) is 0 Å². The largest absolute Gasteiger partial charge is 0.449 e. The number of benzene rings is 1. The van der Waals surface area contributed by atoms with E-state index >= 15 is 0 Å². The maximum Gasteiger partial charge on any atom is 0.449 e. The topological polar surface area (TPSA) is 86.7 Å². The molecule has 0 spiro atoms. The van der Waals surface area contributed by atoms with Crippen LogP contribution in [-0.4, -0.2) is 28.7 Å². The molecule has 1 aliphatic heterocycles. The van der Waals surface area contributed by atoms with Crippen LogP contribution in [0, 0.1) is 29.1 Å². The van der Waals surface area contributed by atoms with Gasteiger partial charge in [0.15, 0.2) is 9.84 Å². The summed E-state index contributed by atoms with van der Waals surface area (Å²) in [5, 5.41) is 0.631. The van der Waals surface area contributed by atoms with Gasteiger partial charge in [-0.15, -0.1) is 0 Å². The lowest BCUT2D eigenvalue weighted by Gasteiger charge is -2.12. The molecule has 2 rings (SSSR count). The molecule has 1 aromatic carbocycles. The molecule has 0 saturated heterocycles. The smallest absolute Gasteiger partial charge is 0.355 e.